The molecule has 10 heteroatoms. The van der Waals surface area contributed by atoms with Crippen molar-refractivity contribution < 1.29 is 13.2 Å². The number of nitrogens with one attached hydrogen (secondary N) is 2. The lowest BCUT2D eigenvalue weighted by molar-refractivity contribution is -0.125. The fourth-order valence-corrected chi connectivity index (χ4v) is 7.16. The van der Waals surface area contributed by atoms with Gasteiger partial charge in [-0.15, -0.1) is 5.10 Å². The number of benzene rings is 2. The van der Waals surface area contributed by atoms with Crippen molar-refractivity contribution in [3.8, 4) is 11.4 Å². The highest BCUT2D eigenvalue weighted by Gasteiger charge is 2.34. The third-order valence-corrected chi connectivity index (χ3v) is 9.12. The predicted octanol–water partition coefficient (Wildman–Crippen LogP) is 3.71. The van der Waals surface area contributed by atoms with Crippen LogP contribution >= 0.6 is 11.8 Å². The number of piperidine rings is 1. The lowest BCUT2D eigenvalue weighted by Gasteiger charge is -2.32. The third kappa shape index (κ3) is 5.94. The van der Waals surface area contributed by atoms with Gasteiger partial charge in [-0.1, -0.05) is 59.8 Å². The molecule has 1 saturated heterocycles. The summed E-state index contributed by atoms with van der Waals surface area (Å²) in [5.74, 6) is 0.860. The van der Waals surface area contributed by atoms with Crippen LogP contribution in [-0.4, -0.2) is 59.2 Å². The zero-order chi connectivity index (χ0) is 25.0. The first-order valence-electron chi connectivity index (χ1n) is 11.7. The summed E-state index contributed by atoms with van der Waals surface area (Å²) >= 11 is 1.46. The highest BCUT2D eigenvalue weighted by Crippen LogP contribution is 2.29. The number of H-pyrrole nitrogens is 1. The minimum atomic E-state index is -3.66. The Morgan fingerprint density at radius 2 is 1.89 bits per heavy atom. The number of amides is 1. The van der Waals surface area contributed by atoms with Crippen LogP contribution in [0.5, 0.6) is 0 Å². The Morgan fingerprint density at radius 1 is 1.17 bits per heavy atom. The van der Waals surface area contributed by atoms with E-state index in [2.05, 4.69) is 20.5 Å². The first kappa shape index (κ1) is 25.4. The summed E-state index contributed by atoms with van der Waals surface area (Å²) in [5.41, 5.74) is 3.49. The molecule has 2 heterocycles. The standard InChI is InChI=1S/C25H31N5O3S2/c1-17-14-18(2)22(19(3)15-17)35(32,33)30-12-7-10-21(16-30)24(31)26-11-13-34-25-27-23(28-29-25)20-8-5-4-6-9-20/h4-6,8-9,14-15,21H,7,10-13,16H2,1-3H3,(H,26,31)(H,27,28,29). The molecule has 1 aliphatic rings. The Bertz CT molecular complexity index is 1270. The van der Waals surface area contributed by atoms with Gasteiger partial charge in [0.2, 0.25) is 21.1 Å². The van der Waals surface area contributed by atoms with Gasteiger partial charge in [0.05, 0.1) is 10.8 Å². The van der Waals surface area contributed by atoms with Crippen molar-refractivity contribution in [3.63, 3.8) is 0 Å². The maximum absolute atomic E-state index is 13.4. The van der Waals surface area contributed by atoms with Crippen LogP contribution in [0.4, 0.5) is 0 Å². The molecule has 0 saturated carbocycles. The number of aromatic amines is 1. The first-order valence-corrected chi connectivity index (χ1v) is 14.1. The number of aromatic nitrogens is 3. The van der Waals surface area contributed by atoms with Gasteiger partial charge in [0, 0.05) is 31.0 Å². The average Bonchev–Trinajstić information content (AvgIpc) is 3.30. The zero-order valence-corrected chi connectivity index (χ0v) is 21.9. The second kappa shape index (κ2) is 10.9. The molecule has 2 aromatic carbocycles. The quantitative estimate of drug-likeness (QED) is 0.351. The summed E-state index contributed by atoms with van der Waals surface area (Å²) in [6.07, 6.45) is 1.34. The van der Waals surface area contributed by atoms with Crippen LogP contribution < -0.4 is 5.32 Å². The third-order valence-electron chi connectivity index (χ3n) is 6.10. The van der Waals surface area contributed by atoms with Gasteiger partial charge in [-0.2, -0.15) is 4.31 Å². The summed E-state index contributed by atoms with van der Waals surface area (Å²) in [5, 5.41) is 10.7. The molecule has 4 rings (SSSR count). The van der Waals surface area contributed by atoms with E-state index in [1.807, 2.05) is 63.2 Å². The van der Waals surface area contributed by atoms with E-state index in [-0.39, 0.29) is 18.4 Å². The largest absolute Gasteiger partial charge is 0.355 e. The Balaban J connectivity index is 1.30. The summed E-state index contributed by atoms with van der Waals surface area (Å²) in [4.78, 5) is 17.7. The number of carbonyl (C=O) groups excluding carboxylic acids is 1. The number of hydrogen-bond acceptors (Lipinski definition) is 6. The van der Waals surface area contributed by atoms with E-state index in [9.17, 15) is 13.2 Å². The maximum atomic E-state index is 13.4. The zero-order valence-electron chi connectivity index (χ0n) is 20.2. The number of nitrogens with zero attached hydrogens (tertiary/aromatic N) is 3. The molecule has 1 atom stereocenters. The molecule has 1 aliphatic heterocycles. The number of carbonyl (C=O) groups is 1. The molecule has 0 aliphatic carbocycles. The lowest BCUT2D eigenvalue weighted by atomic mass is 9.99. The van der Waals surface area contributed by atoms with E-state index in [0.717, 1.165) is 22.3 Å². The summed E-state index contributed by atoms with van der Waals surface area (Å²) < 4.78 is 28.3. The van der Waals surface area contributed by atoms with Gasteiger partial charge in [-0.05, 0) is 44.7 Å². The Morgan fingerprint density at radius 3 is 2.60 bits per heavy atom. The minimum Gasteiger partial charge on any atom is -0.355 e. The number of rotatable bonds is 8. The van der Waals surface area contributed by atoms with Crippen LogP contribution in [-0.2, 0) is 14.8 Å². The van der Waals surface area contributed by atoms with Gasteiger partial charge in [0.25, 0.3) is 0 Å². The smallest absolute Gasteiger partial charge is 0.243 e. The van der Waals surface area contributed by atoms with Crippen molar-refractivity contribution in [3.05, 3.63) is 59.2 Å². The van der Waals surface area contributed by atoms with Crippen LogP contribution in [0.25, 0.3) is 11.4 Å². The molecule has 0 bridgehead atoms. The molecule has 2 N–H and O–H groups in total. The molecule has 1 aromatic heterocycles. The van der Waals surface area contributed by atoms with Gasteiger partial charge in [-0.25, -0.2) is 13.4 Å². The van der Waals surface area contributed by atoms with Crippen LogP contribution in [0.15, 0.2) is 52.5 Å². The monoisotopic (exact) mass is 513 g/mol. The van der Waals surface area contributed by atoms with Gasteiger partial charge >= 0.3 is 0 Å². The van der Waals surface area contributed by atoms with Crippen molar-refractivity contribution in [2.45, 2.75) is 43.7 Å². The Kier molecular flexibility index (Phi) is 7.93. The van der Waals surface area contributed by atoms with Crippen LogP contribution in [0.1, 0.15) is 29.5 Å². The highest BCUT2D eigenvalue weighted by molar-refractivity contribution is 7.99. The van der Waals surface area contributed by atoms with Crippen molar-refractivity contribution in [1.82, 2.24) is 24.8 Å². The SMILES string of the molecule is Cc1cc(C)c(S(=O)(=O)N2CCCC(C(=O)NCCSc3n[nH]c(-c4ccccc4)n3)C2)c(C)c1. The molecule has 186 valence electrons. The summed E-state index contributed by atoms with van der Waals surface area (Å²) in [6.45, 7) is 6.71. The predicted molar refractivity (Wildman–Crippen MR) is 138 cm³/mol. The first-order chi connectivity index (χ1) is 16.8. The van der Waals surface area contributed by atoms with Crippen LogP contribution in [0, 0.1) is 26.7 Å². The molecular formula is C25H31N5O3S2. The fraction of sp³-hybridized carbons (Fsp3) is 0.400. The Labute approximate surface area is 211 Å². The van der Waals surface area contributed by atoms with Gasteiger partial charge in [0.1, 0.15) is 0 Å². The second-order valence-electron chi connectivity index (χ2n) is 8.90. The molecule has 1 unspecified atom stereocenters. The van der Waals surface area contributed by atoms with Gasteiger partial charge in [-0.3, -0.25) is 9.89 Å². The maximum Gasteiger partial charge on any atom is 0.243 e. The molecule has 1 amide bonds. The van der Waals surface area contributed by atoms with Crippen molar-refractivity contribution in [2.75, 3.05) is 25.4 Å². The summed E-state index contributed by atoms with van der Waals surface area (Å²) in [6, 6.07) is 13.5. The molecule has 0 radical (unpaired) electrons. The molecule has 35 heavy (non-hydrogen) atoms. The number of hydrogen-bond donors (Lipinski definition) is 2. The molecule has 3 aromatic rings. The molecule has 0 spiro atoms. The van der Waals surface area contributed by atoms with E-state index in [4.69, 9.17) is 0 Å². The molecule has 8 nitrogen and oxygen atoms in total. The molecular weight excluding hydrogens is 482 g/mol. The Hall–Kier alpha value is -2.69. The number of thioether (sulfide) groups is 1. The van der Waals surface area contributed by atoms with Crippen molar-refractivity contribution >= 4 is 27.7 Å². The van der Waals surface area contributed by atoms with E-state index >= 15 is 0 Å². The van der Waals surface area contributed by atoms with E-state index in [0.29, 0.717) is 47.6 Å². The van der Waals surface area contributed by atoms with E-state index in [1.54, 1.807) is 0 Å². The topological polar surface area (TPSA) is 108 Å². The highest BCUT2D eigenvalue weighted by atomic mass is 32.2. The van der Waals surface area contributed by atoms with Gasteiger partial charge < -0.3 is 5.32 Å². The van der Waals surface area contributed by atoms with E-state index in [1.165, 1.54) is 16.1 Å². The van der Waals surface area contributed by atoms with Crippen molar-refractivity contribution in [1.29, 1.82) is 0 Å². The average molecular weight is 514 g/mol. The summed E-state index contributed by atoms with van der Waals surface area (Å²) in [7, 11) is -3.66. The second-order valence-corrected chi connectivity index (χ2v) is 11.8. The van der Waals surface area contributed by atoms with Crippen molar-refractivity contribution in [2.24, 2.45) is 5.92 Å². The van der Waals surface area contributed by atoms with Crippen LogP contribution in [0.3, 0.4) is 0 Å². The van der Waals surface area contributed by atoms with E-state index < -0.39 is 10.0 Å². The molecule has 1 fully saturated rings. The van der Waals surface area contributed by atoms with Gasteiger partial charge in [0.15, 0.2) is 5.82 Å². The van der Waals surface area contributed by atoms with Crippen LogP contribution in [0.2, 0.25) is 0 Å². The lowest BCUT2D eigenvalue weighted by Crippen LogP contribution is -2.46. The number of aryl methyl sites for hydroxylation is 3. The fourth-order valence-electron chi connectivity index (χ4n) is 4.57. The normalized spacial score (nSPS) is 16.8. The number of sulfonamides is 1. The minimum absolute atomic E-state index is 0.109.